The van der Waals surface area contributed by atoms with Gasteiger partial charge < -0.3 is 14.2 Å². The zero-order valence-corrected chi connectivity index (χ0v) is 43.8. The van der Waals surface area contributed by atoms with Gasteiger partial charge in [0, 0.05) is 19.3 Å². The second-order valence-corrected chi connectivity index (χ2v) is 20.4. The molecule has 0 bridgehead atoms. The Morgan fingerprint density at radius 3 is 0.766 bits per heavy atom. The molecule has 0 spiro atoms. The zero-order valence-electron chi connectivity index (χ0n) is 43.8. The van der Waals surface area contributed by atoms with Gasteiger partial charge in [0.05, 0.1) is 0 Å². The van der Waals surface area contributed by atoms with Crippen LogP contribution in [0.3, 0.4) is 0 Å². The zero-order chi connectivity index (χ0) is 46.7. The summed E-state index contributed by atoms with van der Waals surface area (Å²) in [5.41, 5.74) is 0. The van der Waals surface area contributed by atoms with Crippen molar-refractivity contribution >= 4 is 17.9 Å². The molecule has 0 aromatic heterocycles. The largest absolute Gasteiger partial charge is 0.462 e. The Labute approximate surface area is 399 Å². The minimum Gasteiger partial charge on any atom is -0.462 e. The van der Waals surface area contributed by atoms with Crippen molar-refractivity contribution in [2.75, 3.05) is 13.2 Å². The quantitative estimate of drug-likeness (QED) is 0.0344. The van der Waals surface area contributed by atoms with Crippen LogP contribution in [0.1, 0.15) is 329 Å². The molecule has 0 unspecified atom stereocenters. The van der Waals surface area contributed by atoms with E-state index in [1.54, 1.807) is 0 Å². The third-order valence-corrected chi connectivity index (χ3v) is 13.3. The van der Waals surface area contributed by atoms with E-state index in [0.717, 1.165) is 63.7 Å². The highest BCUT2D eigenvalue weighted by Gasteiger charge is 2.19. The van der Waals surface area contributed by atoms with Gasteiger partial charge in [-0.05, 0) is 25.2 Å². The number of hydrogen-bond acceptors (Lipinski definition) is 6. The van der Waals surface area contributed by atoms with Crippen LogP contribution in [0, 0.1) is 5.92 Å². The van der Waals surface area contributed by atoms with E-state index in [-0.39, 0.29) is 31.1 Å². The number of esters is 3. The predicted octanol–water partition coefficient (Wildman–Crippen LogP) is 19.0. The van der Waals surface area contributed by atoms with Crippen molar-refractivity contribution in [2.45, 2.75) is 336 Å². The summed E-state index contributed by atoms with van der Waals surface area (Å²) in [5.74, 6) is 0.0202. The lowest BCUT2D eigenvalue weighted by molar-refractivity contribution is -0.167. The van der Waals surface area contributed by atoms with E-state index >= 15 is 0 Å². The molecule has 0 amide bonds. The Bertz CT molecular complexity index is 964. The highest BCUT2D eigenvalue weighted by atomic mass is 16.6. The molecular weight excluding hydrogens is 793 g/mol. The van der Waals surface area contributed by atoms with Crippen molar-refractivity contribution in [3.05, 3.63) is 0 Å². The first-order valence-corrected chi connectivity index (χ1v) is 28.9. The number of rotatable bonds is 53. The molecule has 0 aliphatic carbocycles. The number of carbonyl (C=O) groups excluding carboxylic acids is 3. The molecule has 0 aromatic rings. The van der Waals surface area contributed by atoms with Gasteiger partial charge in [0.1, 0.15) is 13.2 Å². The highest BCUT2D eigenvalue weighted by molar-refractivity contribution is 5.71. The summed E-state index contributed by atoms with van der Waals surface area (Å²) in [5, 5.41) is 0. The topological polar surface area (TPSA) is 78.9 Å². The molecule has 380 valence electrons. The molecule has 0 N–H and O–H groups in total. The Kier molecular flexibility index (Phi) is 51.1. The number of unbranched alkanes of at least 4 members (excludes halogenated alkanes) is 40. The maximum Gasteiger partial charge on any atom is 0.306 e. The number of ether oxygens (including phenoxy) is 3. The fraction of sp³-hybridized carbons (Fsp3) is 0.948. The first-order chi connectivity index (χ1) is 31.4. The first-order valence-electron chi connectivity index (χ1n) is 28.9. The van der Waals surface area contributed by atoms with E-state index in [2.05, 4.69) is 27.7 Å². The summed E-state index contributed by atoms with van der Waals surface area (Å²) >= 11 is 0. The lowest BCUT2D eigenvalue weighted by Crippen LogP contribution is -2.30. The molecule has 0 radical (unpaired) electrons. The summed E-state index contributed by atoms with van der Waals surface area (Å²) in [6, 6.07) is 0. The van der Waals surface area contributed by atoms with Crippen molar-refractivity contribution in [1.82, 2.24) is 0 Å². The van der Waals surface area contributed by atoms with Gasteiger partial charge in [-0.3, -0.25) is 14.4 Å². The second-order valence-electron chi connectivity index (χ2n) is 20.4. The van der Waals surface area contributed by atoms with Crippen LogP contribution in [0.25, 0.3) is 0 Å². The van der Waals surface area contributed by atoms with Crippen LogP contribution < -0.4 is 0 Å². The van der Waals surface area contributed by atoms with Crippen LogP contribution in [0.5, 0.6) is 0 Å². The van der Waals surface area contributed by atoms with Crippen molar-refractivity contribution in [3.63, 3.8) is 0 Å². The number of carbonyl (C=O) groups is 3. The summed E-state index contributed by atoms with van der Waals surface area (Å²) in [6.07, 6.45) is 56.7. The average molecular weight is 906 g/mol. The van der Waals surface area contributed by atoms with Crippen LogP contribution in [0.2, 0.25) is 0 Å². The maximum absolute atomic E-state index is 12.8. The molecule has 0 aliphatic heterocycles. The van der Waals surface area contributed by atoms with Crippen LogP contribution in [-0.4, -0.2) is 37.2 Å². The minimum absolute atomic E-state index is 0.0620. The predicted molar refractivity (Wildman–Crippen MR) is 275 cm³/mol. The van der Waals surface area contributed by atoms with Gasteiger partial charge in [0.25, 0.3) is 0 Å². The van der Waals surface area contributed by atoms with E-state index < -0.39 is 6.10 Å². The Morgan fingerprint density at radius 2 is 0.516 bits per heavy atom. The average Bonchev–Trinajstić information content (AvgIpc) is 3.28. The molecule has 0 aliphatic rings. The van der Waals surface area contributed by atoms with Crippen molar-refractivity contribution < 1.29 is 28.6 Å². The molecule has 0 saturated carbocycles. The third-order valence-electron chi connectivity index (χ3n) is 13.3. The summed E-state index contributed by atoms with van der Waals surface area (Å²) in [7, 11) is 0. The molecule has 6 heteroatoms. The molecule has 0 saturated heterocycles. The van der Waals surface area contributed by atoms with Crippen molar-refractivity contribution in [2.24, 2.45) is 5.92 Å². The van der Waals surface area contributed by atoms with E-state index in [0.29, 0.717) is 19.3 Å². The van der Waals surface area contributed by atoms with Gasteiger partial charge in [-0.15, -0.1) is 0 Å². The second kappa shape index (κ2) is 52.4. The van der Waals surface area contributed by atoms with E-state index in [1.807, 2.05) is 0 Å². The first kappa shape index (κ1) is 62.4. The Morgan fingerprint density at radius 1 is 0.297 bits per heavy atom. The molecule has 1 atom stereocenters. The molecule has 0 heterocycles. The van der Waals surface area contributed by atoms with Gasteiger partial charge in [-0.1, -0.05) is 291 Å². The lowest BCUT2D eigenvalue weighted by Gasteiger charge is -2.18. The summed E-state index contributed by atoms with van der Waals surface area (Å²) < 4.78 is 16.8. The standard InChI is InChI=1S/C58H112O6/c1-5-7-9-11-13-15-16-17-18-24-28-31-35-39-43-47-51-58(61)64-55(52-62-56(59)49-45-41-37-32-14-12-10-8-6-2)53-63-57(60)50-46-42-38-34-30-27-25-22-20-19-21-23-26-29-33-36-40-44-48-54(3)4/h54-55H,5-53H2,1-4H3/t55-/m0/s1. The fourth-order valence-electron chi connectivity index (χ4n) is 8.92. The van der Waals surface area contributed by atoms with Gasteiger partial charge in [0.15, 0.2) is 6.10 Å². The van der Waals surface area contributed by atoms with Gasteiger partial charge in [-0.2, -0.15) is 0 Å². The molecule has 0 aromatic carbocycles. The van der Waals surface area contributed by atoms with Crippen LogP contribution in [0.15, 0.2) is 0 Å². The molecule has 0 rings (SSSR count). The summed E-state index contributed by atoms with van der Waals surface area (Å²) in [4.78, 5) is 38.0. The Hall–Kier alpha value is -1.59. The molecule has 0 fully saturated rings. The summed E-state index contributed by atoms with van der Waals surface area (Å²) in [6.45, 7) is 9.05. The Balaban J connectivity index is 4.18. The molecular formula is C58H112O6. The van der Waals surface area contributed by atoms with Crippen molar-refractivity contribution in [1.29, 1.82) is 0 Å². The van der Waals surface area contributed by atoms with Gasteiger partial charge >= 0.3 is 17.9 Å². The third kappa shape index (κ3) is 51.4. The lowest BCUT2D eigenvalue weighted by atomic mass is 10.0. The maximum atomic E-state index is 12.8. The SMILES string of the molecule is CCCCCCCCCCCCCCCCCCC(=O)O[C@@H](COC(=O)CCCCCCCCCCC)COC(=O)CCCCCCCCCCCCCCCCCCCCC(C)C. The smallest absolute Gasteiger partial charge is 0.306 e. The molecule has 64 heavy (non-hydrogen) atoms. The van der Waals surface area contributed by atoms with Crippen LogP contribution in [0.4, 0.5) is 0 Å². The molecule has 6 nitrogen and oxygen atoms in total. The minimum atomic E-state index is -0.760. The van der Waals surface area contributed by atoms with E-state index in [1.165, 1.54) is 225 Å². The monoisotopic (exact) mass is 905 g/mol. The van der Waals surface area contributed by atoms with Gasteiger partial charge in [0.2, 0.25) is 0 Å². The normalized spacial score (nSPS) is 12.0. The fourth-order valence-corrected chi connectivity index (χ4v) is 8.92. The van der Waals surface area contributed by atoms with Gasteiger partial charge in [-0.25, -0.2) is 0 Å². The van der Waals surface area contributed by atoms with E-state index in [9.17, 15) is 14.4 Å². The van der Waals surface area contributed by atoms with E-state index in [4.69, 9.17) is 14.2 Å². The number of hydrogen-bond donors (Lipinski definition) is 0. The van der Waals surface area contributed by atoms with Crippen LogP contribution in [-0.2, 0) is 28.6 Å². The highest BCUT2D eigenvalue weighted by Crippen LogP contribution is 2.18. The van der Waals surface area contributed by atoms with Crippen LogP contribution >= 0.6 is 0 Å². The van der Waals surface area contributed by atoms with Crippen molar-refractivity contribution in [3.8, 4) is 0 Å².